The third-order valence-corrected chi connectivity index (χ3v) is 4.54. The molecule has 1 unspecified atom stereocenters. The molecule has 1 atom stereocenters. The molecule has 1 nitrogen and oxygen atoms in total. The number of carbonyl (C=O) groups excluding carboxylic acids is 1. The number of rotatable bonds is 3. The largest absolute Gasteiger partial charge is 0.280 e. The highest BCUT2D eigenvalue weighted by molar-refractivity contribution is 6.65. The van der Waals surface area contributed by atoms with Crippen LogP contribution < -0.4 is 0 Å². The van der Waals surface area contributed by atoms with Gasteiger partial charge >= 0.3 is 0 Å². The van der Waals surface area contributed by atoms with Crippen LogP contribution in [0.1, 0.15) is 49.8 Å². The van der Waals surface area contributed by atoms with Gasteiger partial charge in [0.2, 0.25) is 5.24 Å². The zero-order chi connectivity index (χ0) is 12.5. The highest BCUT2D eigenvalue weighted by atomic mass is 35.5. The average molecular weight is 251 g/mol. The van der Waals surface area contributed by atoms with E-state index in [1.165, 1.54) is 30.4 Å². The van der Waals surface area contributed by atoms with Crippen LogP contribution in [0.3, 0.4) is 0 Å². The van der Waals surface area contributed by atoms with Crippen LogP contribution in [0.25, 0.3) is 0 Å². The highest BCUT2D eigenvalue weighted by Crippen LogP contribution is 2.33. The van der Waals surface area contributed by atoms with Crippen LogP contribution in [0.2, 0.25) is 0 Å². The maximum Gasteiger partial charge on any atom is 0.231 e. The van der Waals surface area contributed by atoms with Gasteiger partial charge < -0.3 is 0 Å². The van der Waals surface area contributed by atoms with E-state index < -0.39 is 5.41 Å². The molecular formula is C15H19ClO. The Morgan fingerprint density at radius 1 is 1.29 bits per heavy atom. The van der Waals surface area contributed by atoms with E-state index in [2.05, 4.69) is 18.2 Å². The van der Waals surface area contributed by atoms with E-state index in [9.17, 15) is 4.79 Å². The molecule has 0 amide bonds. The fourth-order valence-electron chi connectivity index (χ4n) is 2.53. The summed E-state index contributed by atoms with van der Waals surface area (Å²) in [4.78, 5) is 11.6. The maximum absolute atomic E-state index is 11.6. The van der Waals surface area contributed by atoms with Crippen molar-refractivity contribution >= 4 is 16.8 Å². The molecular weight excluding hydrogens is 232 g/mol. The minimum Gasteiger partial charge on any atom is -0.280 e. The fraction of sp³-hybridized carbons (Fsp3) is 0.533. The van der Waals surface area contributed by atoms with Crippen molar-refractivity contribution in [2.45, 2.75) is 51.4 Å². The van der Waals surface area contributed by atoms with Gasteiger partial charge in [0.05, 0.1) is 5.41 Å². The molecule has 0 N–H and O–H groups in total. The predicted octanol–water partition coefficient (Wildman–Crippen LogP) is 4.00. The molecule has 0 aromatic heterocycles. The molecule has 17 heavy (non-hydrogen) atoms. The van der Waals surface area contributed by atoms with Gasteiger partial charge in [0.1, 0.15) is 0 Å². The average Bonchev–Trinajstić information content (AvgIpc) is 2.37. The number of halogens is 1. The molecule has 1 aliphatic carbocycles. The van der Waals surface area contributed by atoms with Gasteiger partial charge in [0, 0.05) is 0 Å². The number of hydrogen-bond donors (Lipinski definition) is 0. The van der Waals surface area contributed by atoms with Gasteiger partial charge in [-0.15, -0.1) is 0 Å². The molecule has 1 aliphatic rings. The standard InChI is InChI=1S/C15H19ClO/c1-3-15(2,14(16)17)13-9-8-11-6-4-5-7-12(11)10-13/h8-10H,3-7H2,1-2H3. The first-order valence-electron chi connectivity index (χ1n) is 6.40. The van der Waals surface area contributed by atoms with Crippen molar-refractivity contribution in [2.24, 2.45) is 0 Å². The van der Waals surface area contributed by atoms with Crippen LogP contribution in [-0.4, -0.2) is 5.24 Å². The molecule has 0 radical (unpaired) electrons. The number of carbonyl (C=O) groups is 1. The Labute approximate surface area is 108 Å². The van der Waals surface area contributed by atoms with E-state index in [0.29, 0.717) is 0 Å². The Balaban J connectivity index is 2.42. The van der Waals surface area contributed by atoms with Crippen molar-refractivity contribution in [3.8, 4) is 0 Å². The van der Waals surface area contributed by atoms with E-state index in [4.69, 9.17) is 11.6 Å². The van der Waals surface area contributed by atoms with E-state index >= 15 is 0 Å². The van der Waals surface area contributed by atoms with Crippen molar-refractivity contribution in [2.75, 3.05) is 0 Å². The van der Waals surface area contributed by atoms with Gasteiger partial charge in [-0.1, -0.05) is 25.1 Å². The summed E-state index contributed by atoms with van der Waals surface area (Å²) in [6.45, 7) is 3.95. The molecule has 0 saturated heterocycles. The Kier molecular flexibility index (Phi) is 3.58. The lowest BCUT2D eigenvalue weighted by atomic mass is 9.78. The Hall–Kier alpha value is -0.820. The Morgan fingerprint density at radius 2 is 1.94 bits per heavy atom. The summed E-state index contributed by atoms with van der Waals surface area (Å²) in [6, 6.07) is 6.45. The third-order valence-electron chi connectivity index (χ3n) is 4.13. The molecule has 0 saturated carbocycles. The quantitative estimate of drug-likeness (QED) is 0.741. The molecule has 0 aliphatic heterocycles. The minimum atomic E-state index is -0.534. The number of benzene rings is 1. The lowest BCUT2D eigenvalue weighted by Crippen LogP contribution is -2.28. The molecule has 1 aromatic rings. The summed E-state index contributed by atoms with van der Waals surface area (Å²) >= 11 is 5.76. The number of fused-ring (bicyclic) bond motifs is 1. The van der Waals surface area contributed by atoms with E-state index in [0.717, 1.165) is 18.4 Å². The summed E-state index contributed by atoms with van der Waals surface area (Å²) in [7, 11) is 0. The number of aryl methyl sites for hydroxylation is 2. The summed E-state index contributed by atoms with van der Waals surface area (Å²) in [5, 5.41) is -0.254. The normalized spacial score (nSPS) is 18.3. The molecule has 0 spiro atoms. The minimum absolute atomic E-state index is 0.254. The van der Waals surface area contributed by atoms with Crippen LogP contribution in [0, 0.1) is 0 Å². The van der Waals surface area contributed by atoms with E-state index in [-0.39, 0.29) is 5.24 Å². The van der Waals surface area contributed by atoms with Gasteiger partial charge in [-0.05, 0) is 67.3 Å². The van der Waals surface area contributed by atoms with Crippen molar-refractivity contribution in [1.29, 1.82) is 0 Å². The molecule has 0 bridgehead atoms. The zero-order valence-electron chi connectivity index (χ0n) is 10.6. The van der Waals surface area contributed by atoms with Crippen LogP contribution in [0.15, 0.2) is 18.2 Å². The van der Waals surface area contributed by atoms with Crippen molar-refractivity contribution in [3.63, 3.8) is 0 Å². The Morgan fingerprint density at radius 3 is 2.53 bits per heavy atom. The third kappa shape index (κ3) is 2.26. The lowest BCUT2D eigenvalue weighted by Gasteiger charge is -2.26. The van der Waals surface area contributed by atoms with Gasteiger partial charge in [0.15, 0.2) is 0 Å². The molecule has 2 rings (SSSR count). The second kappa shape index (κ2) is 4.81. The van der Waals surface area contributed by atoms with Crippen LogP contribution >= 0.6 is 11.6 Å². The first-order chi connectivity index (χ1) is 8.08. The second-order valence-corrected chi connectivity index (χ2v) is 5.49. The van der Waals surface area contributed by atoms with Crippen LogP contribution in [-0.2, 0) is 23.1 Å². The molecule has 2 heteroatoms. The Bertz CT molecular complexity index is 439. The monoisotopic (exact) mass is 250 g/mol. The van der Waals surface area contributed by atoms with Gasteiger partial charge in [0.25, 0.3) is 0 Å². The highest BCUT2D eigenvalue weighted by Gasteiger charge is 2.32. The summed E-state index contributed by atoms with van der Waals surface area (Å²) in [5.41, 5.74) is 3.39. The number of hydrogen-bond acceptors (Lipinski definition) is 1. The fourth-order valence-corrected chi connectivity index (χ4v) is 2.78. The molecule has 0 heterocycles. The van der Waals surface area contributed by atoms with Crippen LogP contribution in [0.4, 0.5) is 0 Å². The summed E-state index contributed by atoms with van der Waals surface area (Å²) < 4.78 is 0. The zero-order valence-corrected chi connectivity index (χ0v) is 11.3. The smallest absolute Gasteiger partial charge is 0.231 e. The maximum atomic E-state index is 11.6. The predicted molar refractivity (Wildman–Crippen MR) is 71.6 cm³/mol. The first-order valence-corrected chi connectivity index (χ1v) is 6.78. The summed E-state index contributed by atoms with van der Waals surface area (Å²) in [6.07, 6.45) is 5.60. The topological polar surface area (TPSA) is 17.1 Å². The van der Waals surface area contributed by atoms with Gasteiger partial charge in [-0.2, -0.15) is 0 Å². The first kappa shape index (κ1) is 12.6. The van der Waals surface area contributed by atoms with Crippen molar-refractivity contribution in [1.82, 2.24) is 0 Å². The molecule has 1 aromatic carbocycles. The molecule has 92 valence electrons. The van der Waals surface area contributed by atoms with Crippen LogP contribution in [0.5, 0.6) is 0 Å². The van der Waals surface area contributed by atoms with Gasteiger partial charge in [-0.3, -0.25) is 4.79 Å². The second-order valence-electron chi connectivity index (χ2n) is 5.15. The van der Waals surface area contributed by atoms with Crippen molar-refractivity contribution in [3.05, 3.63) is 34.9 Å². The van der Waals surface area contributed by atoms with E-state index in [1.807, 2.05) is 13.8 Å². The van der Waals surface area contributed by atoms with Crippen molar-refractivity contribution < 1.29 is 4.79 Å². The van der Waals surface area contributed by atoms with Gasteiger partial charge in [-0.25, -0.2) is 0 Å². The SMILES string of the molecule is CCC(C)(C(=O)Cl)c1ccc2c(c1)CCCC2. The molecule has 0 fully saturated rings. The summed E-state index contributed by atoms with van der Waals surface area (Å²) in [5.74, 6) is 0. The lowest BCUT2D eigenvalue weighted by molar-refractivity contribution is -0.116. The van der Waals surface area contributed by atoms with E-state index in [1.54, 1.807) is 0 Å².